The Balaban J connectivity index is 2.55. The average molecular weight is 300 g/mol. The van der Waals surface area contributed by atoms with Gasteiger partial charge in [-0.3, -0.25) is 4.79 Å². The number of nitrogens with one attached hydrogen (secondary N) is 2. The van der Waals surface area contributed by atoms with Gasteiger partial charge < -0.3 is 20.5 Å². The Morgan fingerprint density at radius 3 is 2.43 bits per heavy atom. The van der Waals surface area contributed by atoms with E-state index in [0.717, 1.165) is 25.7 Å². The average Bonchev–Trinajstić information content (AvgIpc) is 3.15. The van der Waals surface area contributed by atoms with Gasteiger partial charge in [-0.2, -0.15) is 0 Å². The Morgan fingerprint density at radius 1 is 1.33 bits per heavy atom. The highest BCUT2D eigenvalue weighted by Gasteiger charge is 2.32. The number of amides is 2. The third-order valence-electron chi connectivity index (χ3n) is 3.14. The molecule has 6 heteroatoms. The summed E-state index contributed by atoms with van der Waals surface area (Å²) in [6.45, 7) is 7.32. The molecule has 0 aromatic rings. The maximum atomic E-state index is 11.9. The molecule has 2 atom stereocenters. The van der Waals surface area contributed by atoms with Crippen LogP contribution in [0.1, 0.15) is 59.8 Å². The predicted octanol–water partition coefficient (Wildman–Crippen LogP) is 1.71. The van der Waals surface area contributed by atoms with E-state index in [1.54, 1.807) is 20.8 Å². The smallest absolute Gasteiger partial charge is 0.407 e. The van der Waals surface area contributed by atoms with Crippen LogP contribution in [0.15, 0.2) is 0 Å². The molecule has 0 spiro atoms. The van der Waals surface area contributed by atoms with Crippen LogP contribution in [0.4, 0.5) is 4.79 Å². The quantitative estimate of drug-likeness (QED) is 0.668. The number of hydrogen-bond donors (Lipinski definition) is 3. The minimum atomic E-state index is -1.25. The topological polar surface area (TPSA) is 87.7 Å². The van der Waals surface area contributed by atoms with Gasteiger partial charge in [0.1, 0.15) is 5.60 Å². The highest BCUT2D eigenvalue weighted by molar-refractivity contribution is 5.82. The summed E-state index contributed by atoms with van der Waals surface area (Å²) < 4.78 is 5.18. The van der Waals surface area contributed by atoms with Gasteiger partial charge in [-0.25, -0.2) is 4.79 Å². The molecule has 1 aliphatic carbocycles. The fraction of sp³-hybridized carbons (Fsp3) is 0.867. The lowest BCUT2D eigenvalue weighted by Gasteiger charge is -2.26. The SMILES string of the molecule is CCCCC(NC(=O)OC(C)(C)C)C(O)C(=O)NC1CC1. The molecular formula is C15H28N2O4. The second-order valence-corrected chi connectivity index (χ2v) is 6.62. The minimum Gasteiger partial charge on any atom is -0.444 e. The molecule has 0 saturated heterocycles. The number of alkyl carbamates (subject to hydrolysis) is 1. The van der Waals surface area contributed by atoms with E-state index in [1.807, 2.05) is 6.92 Å². The highest BCUT2D eigenvalue weighted by Crippen LogP contribution is 2.19. The molecule has 6 nitrogen and oxygen atoms in total. The Labute approximate surface area is 126 Å². The first-order chi connectivity index (χ1) is 9.73. The maximum absolute atomic E-state index is 11.9. The zero-order chi connectivity index (χ0) is 16.0. The van der Waals surface area contributed by atoms with Crippen LogP contribution in [-0.2, 0) is 9.53 Å². The number of unbranched alkanes of at least 4 members (excludes halogenated alkanes) is 1. The minimum absolute atomic E-state index is 0.181. The lowest BCUT2D eigenvalue weighted by Crippen LogP contribution is -2.51. The molecule has 0 bridgehead atoms. The monoisotopic (exact) mass is 300 g/mol. The summed E-state index contributed by atoms with van der Waals surface area (Å²) in [6.07, 6.45) is 2.33. The van der Waals surface area contributed by atoms with Gasteiger partial charge in [0.05, 0.1) is 6.04 Å². The van der Waals surface area contributed by atoms with E-state index in [2.05, 4.69) is 10.6 Å². The van der Waals surface area contributed by atoms with Crippen molar-refractivity contribution >= 4 is 12.0 Å². The molecule has 0 aromatic carbocycles. The van der Waals surface area contributed by atoms with Crippen molar-refractivity contribution in [2.75, 3.05) is 0 Å². The second kappa shape index (κ2) is 7.64. The summed E-state index contributed by atoms with van der Waals surface area (Å²) in [7, 11) is 0. The van der Waals surface area contributed by atoms with E-state index in [4.69, 9.17) is 4.74 Å². The molecule has 0 aromatic heterocycles. The summed E-state index contributed by atoms with van der Waals surface area (Å²) >= 11 is 0. The van der Waals surface area contributed by atoms with Crippen LogP contribution in [0, 0.1) is 0 Å². The van der Waals surface area contributed by atoms with Crippen molar-refractivity contribution in [2.45, 2.75) is 83.6 Å². The van der Waals surface area contributed by atoms with Crippen LogP contribution in [0.3, 0.4) is 0 Å². The lowest BCUT2D eigenvalue weighted by atomic mass is 10.0. The van der Waals surface area contributed by atoms with Crippen LogP contribution in [0.5, 0.6) is 0 Å². The van der Waals surface area contributed by atoms with Gasteiger partial charge in [-0.15, -0.1) is 0 Å². The van der Waals surface area contributed by atoms with Crippen LogP contribution in [0.2, 0.25) is 0 Å². The summed E-state index contributed by atoms with van der Waals surface area (Å²) in [5.41, 5.74) is -0.611. The van der Waals surface area contributed by atoms with Crippen LogP contribution < -0.4 is 10.6 Å². The molecule has 0 heterocycles. The number of carbonyl (C=O) groups is 2. The van der Waals surface area contributed by atoms with E-state index in [1.165, 1.54) is 0 Å². The largest absolute Gasteiger partial charge is 0.444 e. The fourth-order valence-corrected chi connectivity index (χ4v) is 1.89. The number of aliphatic hydroxyl groups excluding tert-OH is 1. The van der Waals surface area contributed by atoms with Crippen molar-refractivity contribution in [2.24, 2.45) is 0 Å². The fourth-order valence-electron chi connectivity index (χ4n) is 1.89. The van der Waals surface area contributed by atoms with Crippen molar-refractivity contribution in [3.8, 4) is 0 Å². The van der Waals surface area contributed by atoms with Gasteiger partial charge in [-0.1, -0.05) is 19.8 Å². The zero-order valence-corrected chi connectivity index (χ0v) is 13.4. The second-order valence-electron chi connectivity index (χ2n) is 6.62. The van der Waals surface area contributed by atoms with Crippen molar-refractivity contribution in [1.29, 1.82) is 0 Å². The number of carbonyl (C=O) groups excluding carboxylic acids is 2. The van der Waals surface area contributed by atoms with E-state index < -0.39 is 29.7 Å². The van der Waals surface area contributed by atoms with Crippen molar-refractivity contribution in [1.82, 2.24) is 10.6 Å². The molecule has 122 valence electrons. The van der Waals surface area contributed by atoms with Gasteiger partial charge in [0, 0.05) is 6.04 Å². The normalized spacial score (nSPS) is 17.8. The first-order valence-electron chi connectivity index (χ1n) is 7.71. The molecule has 0 radical (unpaired) electrons. The summed E-state index contributed by atoms with van der Waals surface area (Å²) in [5.74, 6) is -0.422. The van der Waals surface area contributed by atoms with Crippen molar-refractivity contribution in [3.05, 3.63) is 0 Å². The van der Waals surface area contributed by atoms with Gasteiger partial charge >= 0.3 is 6.09 Å². The number of hydrogen-bond acceptors (Lipinski definition) is 4. The summed E-state index contributed by atoms with van der Waals surface area (Å²) in [4.78, 5) is 23.7. The highest BCUT2D eigenvalue weighted by atomic mass is 16.6. The molecular weight excluding hydrogens is 272 g/mol. The van der Waals surface area contributed by atoms with E-state index in [0.29, 0.717) is 6.42 Å². The van der Waals surface area contributed by atoms with Gasteiger partial charge in [0.15, 0.2) is 6.10 Å². The zero-order valence-electron chi connectivity index (χ0n) is 13.4. The van der Waals surface area contributed by atoms with Crippen molar-refractivity contribution < 1.29 is 19.4 Å². The van der Waals surface area contributed by atoms with Crippen LogP contribution >= 0.6 is 0 Å². The standard InChI is InChI=1S/C15H28N2O4/c1-5-6-7-11(17-14(20)21-15(2,3)4)12(18)13(19)16-10-8-9-10/h10-12,18H,5-9H2,1-4H3,(H,16,19)(H,17,20). The molecule has 1 rings (SSSR count). The molecule has 1 aliphatic rings. The first kappa shape index (κ1) is 17.8. The van der Waals surface area contributed by atoms with Crippen LogP contribution in [0.25, 0.3) is 0 Å². The van der Waals surface area contributed by atoms with E-state index in [9.17, 15) is 14.7 Å². The molecule has 1 saturated carbocycles. The summed E-state index contributed by atoms with van der Waals surface area (Å²) in [6, 6.07) is -0.445. The predicted molar refractivity (Wildman–Crippen MR) is 79.9 cm³/mol. The first-order valence-corrected chi connectivity index (χ1v) is 7.71. The maximum Gasteiger partial charge on any atom is 0.407 e. The lowest BCUT2D eigenvalue weighted by molar-refractivity contribution is -0.131. The molecule has 0 aliphatic heterocycles. The van der Waals surface area contributed by atoms with Crippen LogP contribution in [-0.4, -0.2) is 40.9 Å². The molecule has 3 N–H and O–H groups in total. The molecule has 2 unspecified atom stereocenters. The number of rotatable bonds is 7. The number of aliphatic hydroxyl groups is 1. The van der Waals surface area contributed by atoms with E-state index >= 15 is 0 Å². The van der Waals surface area contributed by atoms with Gasteiger partial charge in [0.25, 0.3) is 5.91 Å². The Morgan fingerprint density at radius 2 is 1.95 bits per heavy atom. The number of ether oxygens (including phenoxy) is 1. The van der Waals surface area contributed by atoms with Gasteiger partial charge in [-0.05, 0) is 40.0 Å². The summed E-state index contributed by atoms with van der Waals surface area (Å²) in [5, 5.41) is 15.5. The van der Waals surface area contributed by atoms with Crippen molar-refractivity contribution in [3.63, 3.8) is 0 Å². The third kappa shape index (κ3) is 7.32. The Hall–Kier alpha value is -1.30. The van der Waals surface area contributed by atoms with E-state index in [-0.39, 0.29) is 6.04 Å². The Bertz CT molecular complexity index is 361. The molecule has 1 fully saturated rings. The third-order valence-corrected chi connectivity index (χ3v) is 3.14. The molecule has 2 amide bonds. The molecule has 21 heavy (non-hydrogen) atoms. The Kier molecular flexibility index (Phi) is 6.45. The van der Waals surface area contributed by atoms with Gasteiger partial charge in [0.2, 0.25) is 0 Å².